The summed E-state index contributed by atoms with van der Waals surface area (Å²) in [5.74, 6) is -0.340. The highest BCUT2D eigenvalue weighted by atomic mass is 32.2. The van der Waals surface area contributed by atoms with Crippen LogP contribution in [0.25, 0.3) is 0 Å². The smallest absolute Gasteiger partial charge is 0.223 e. The predicted molar refractivity (Wildman–Crippen MR) is 55.1 cm³/mol. The van der Waals surface area contributed by atoms with Gasteiger partial charge in [-0.3, -0.25) is 4.79 Å². The van der Waals surface area contributed by atoms with E-state index >= 15 is 0 Å². The highest BCUT2D eigenvalue weighted by Gasteiger charge is 2.13. The first kappa shape index (κ1) is 13.4. The Balaban J connectivity index is 3.85. The molecule has 0 saturated heterocycles. The zero-order valence-corrected chi connectivity index (χ0v) is 9.43. The lowest BCUT2D eigenvalue weighted by Crippen LogP contribution is -2.35. The SMILES string of the molecule is CCC(CC)C(=O)NCCS(N)(=O)=O. The maximum Gasteiger partial charge on any atom is 0.223 e. The fraction of sp³-hybridized carbons (Fsp3) is 0.875. The number of primary sulfonamides is 1. The molecule has 3 N–H and O–H groups in total. The van der Waals surface area contributed by atoms with E-state index in [9.17, 15) is 13.2 Å². The van der Waals surface area contributed by atoms with Crippen molar-refractivity contribution in [3.8, 4) is 0 Å². The van der Waals surface area contributed by atoms with Gasteiger partial charge in [-0.05, 0) is 12.8 Å². The summed E-state index contributed by atoms with van der Waals surface area (Å²) >= 11 is 0. The number of hydrogen-bond acceptors (Lipinski definition) is 3. The van der Waals surface area contributed by atoms with Gasteiger partial charge in [0.05, 0.1) is 5.75 Å². The van der Waals surface area contributed by atoms with Gasteiger partial charge >= 0.3 is 0 Å². The second-order valence-electron chi connectivity index (χ2n) is 3.17. The molecule has 0 bridgehead atoms. The monoisotopic (exact) mass is 222 g/mol. The number of carbonyl (C=O) groups is 1. The number of sulfonamides is 1. The van der Waals surface area contributed by atoms with Crippen molar-refractivity contribution in [3.63, 3.8) is 0 Å². The summed E-state index contributed by atoms with van der Waals surface area (Å²) in [6.07, 6.45) is 1.52. The van der Waals surface area contributed by atoms with Crippen molar-refractivity contribution >= 4 is 15.9 Å². The minimum absolute atomic E-state index is 0.0320. The molecule has 0 saturated carbocycles. The fourth-order valence-electron chi connectivity index (χ4n) is 1.12. The van der Waals surface area contributed by atoms with Crippen LogP contribution in [0.5, 0.6) is 0 Å². The van der Waals surface area contributed by atoms with Crippen LogP contribution < -0.4 is 10.5 Å². The Morgan fingerprint density at radius 3 is 2.21 bits per heavy atom. The Kier molecular flexibility index (Phi) is 5.71. The van der Waals surface area contributed by atoms with Gasteiger partial charge in [0.2, 0.25) is 15.9 Å². The number of carbonyl (C=O) groups excluding carboxylic acids is 1. The van der Waals surface area contributed by atoms with Crippen molar-refractivity contribution < 1.29 is 13.2 Å². The molecule has 6 heteroatoms. The summed E-state index contributed by atoms with van der Waals surface area (Å²) < 4.78 is 21.1. The standard InChI is InChI=1S/C8H18N2O3S/c1-3-7(4-2)8(11)10-5-6-14(9,12)13/h7H,3-6H2,1-2H3,(H,10,11)(H2,9,12,13). The van der Waals surface area contributed by atoms with Gasteiger partial charge in [0.15, 0.2) is 0 Å². The van der Waals surface area contributed by atoms with Crippen LogP contribution in [0.15, 0.2) is 0 Å². The van der Waals surface area contributed by atoms with E-state index in [-0.39, 0.29) is 24.1 Å². The van der Waals surface area contributed by atoms with Gasteiger partial charge in [0.25, 0.3) is 0 Å². The average molecular weight is 222 g/mol. The van der Waals surface area contributed by atoms with Gasteiger partial charge in [-0.1, -0.05) is 13.8 Å². The summed E-state index contributed by atoms with van der Waals surface area (Å²) in [5.41, 5.74) is 0. The van der Waals surface area contributed by atoms with E-state index in [2.05, 4.69) is 5.32 Å². The largest absolute Gasteiger partial charge is 0.355 e. The molecule has 5 nitrogen and oxygen atoms in total. The molecular weight excluding hydrogens is 204 g/mol. The van der Waals surface area contributed by atoms with Crippen molar-refractivity contribution in [1.82, 2.24) is 5.32 Å². The first-order valence-electron chi connectivity index (χ1n) is 4.68. The van der Waals surface area contributed by atoms with Gasteiger partial charge in [0.1, 0.15) is 0 Å². The maximum absolute atomic E-state index is 11.3. The second-order valence-corrected chi connectivity index (χ2v) is 4.91. The van der Waals surface area contributed by atoms with Crippen LogP contribution in [0, 0.1) is 5.92 Å². The van der Waals surface area contributed by atoms with Gasteiger partial charge in [-0.25, -0.2) is 13.6 Å². The molecular formula is C8H18N2O3S. The molecule has 0 aliphatic heterocycles. The number of nitrogens with two attached hydrogens (primary N) is 1. The first-order chi connectivity index (χ1) is 6.40. The van der Waals surface area contributed by atoms with Gasteiger partial charge < -0.3 is 5.32 Å². The number of hydrogen-bond donors (Lipinski definition) is 2. The molecule has 0 fully saturated rings. The molecule has 0 aromatic carbocycles. The number of nitrogens with one attached hydrogen (secondary N) is 1. The van der Waals surface area contributed by atoms with Crippen molar-refractivity contribution in [2.75, 3.05) is 12.3 Å². The van der Waals surface area contributed by atoms with Crippen molar-refractivity contribution in [1.29, 1.82) is 0 Å². The Morgan fingerprint density at radius 2 is 1.86 bits per heavy atom. The molecule has 0 aliphatic carbocycles. The first-order valence-corrected chi connectivity index (χ1v) is 6.40. The van der Waals surface area contributed by atoms with E-state index in [4.69, 9.17) is 5.14 Å². The van der Waals surface area contributed by atoms with Crippen LogP contribution in [0.1, 0.15) is 26.7 Å². The van der Waals surface area contributed by atoms with Crippen LogP contribution in [0.3, 0.4) is 0 Å². The minimum atomic E-state index is -3.47. The lowest BCUT2D eigenvalue weighted by Gasteiger charge is -2.11. The van der Waals surface area contributed by atoms with Crippen molar-refractivity contribution in [2.24, 2.45) is 11.1 Å². The Hall–Kier alpha value is -0.620. The molecule has 0 aliphatic rings. The van der Waals surface area contributed by atoms with Crippen LogP contribution in [0.2, 0.25) is 0 Å². The van der Waals surface area contributed by atoms with E-state index in [1.807, 2.05) is 13.8 Å². The molecule has 0 heterocycles. The molecule has 0 aromatic heterocycles. The summed E-state index contributed by atoms with van der Waals surface area (Å²) in [6.45, 7) is 3.94. The molecule has 0 spiro atoms. The Bertz CT molecular complexity index is 270. The van der Waals surface area contributed by atoms with E-state index in [1.165, 1.54) is 0 Å². The van der Waals surface area contributed by atoms with Crippen LogP contribution >= 0.6 is 0 Å². The van der Waals surface area contributed by atoms with Gasteiger partial charge in [0, 0.05) is 12.5 Å². The lowest BCUT2D eigenvalue weighted by molar-refractivity contribution is -0.125. The highest BCUT2D eigenvalue weighted by molar-refractivity contribution is 7.89. The zero-order chi connectivity index (χ0) is 11.2. The zero-order valence-electron chi connectivity index (χ0n) is 8.62. The third-order valence-electron chi connectivity index (χ3n) is 2.04. The summed E-state index contributed by atoms with van der Waals surface area (Å²) in [6, 6.07) is 0. The molecule has 1 amide bonds. The third kappa shape index (κ3) is 5.93. The molecule has 0 radical (unpaired) electrons. The molecule has 84 valence electrons. The predicted octanol–water partition coefficient (Wildman–Crippen LogP) is -0.173. The quantitative estimate of drug-likeness (QED) is 0.653. The van der Waals surface area contributed by atoms with Crippen LogP contribution in [0.4, 0.5) is 0 Å². The van der Waals surface area contributed by atoms with Crippen LogP contribution in [-0.4, -0.2) is 26.6 Å². The Labute approximate surface area is 85.1 Å². The molecule has 0 unspecified atom stereocenters. The molecule has 0 atom stereocenters. The topological polar surface area (TPSA) is 89.3 Å². The van der Waals surface area contributed by atoms with Gasteiger partial charge in [-0.15, -0.1) is 0 Å². The van der Waals surface area contributed by atoms with E-state index in [1.54, 1.807) is 0 Å². The van der Waals surface area contributed by atoms with E-state index in [0.29, 0.717) is 0 Å². The fourth-order valence-corrected chi connectivity index (χ4v) is 1.51. The second kappa shape index (κ2) is 5.98. The van der Waals surface area contributed by atoms with Crippen molar-refractivity contribution in [3.05, 3.63) is 0 Å². The van der Waals surface area contributed by atoms with Gasteiger partial charge in [-0.2, -0.15) is 0 Å². The normalized spacial score (nSPS) is 11.7. The summed E-state index contributed by atoms with van der Waals surface area (Å²) in [4.78, 5) is 11.3. The minimum Gasteiger partial charge on any atom is -0.355 e. The highest BCUT2D eigenvalue weighted by Crippen LogP contribution is 2.06. The average Bonchev–Trinajstić information content (AvgIpc) is 2.04. The molecule has 0 aromatic rings. The van der Waals surface area contributed by atoms with Crippen LogP contribution in [-0.2, 0) is 14.8 Å². The lowest BCUT2D eigenvalue weighted by atomic mass is 10.0. The Morgan fingerprint density at radius 1 is 1.36 bits per heavy atom. The molecule has 14 heavy (non-hydrogen) atoms. The number of amides is 1. The summed E-state index contributed by atoms with van der Waals surface area (Å²) in [7, 11) is -3.47. The molecule has 0 rings (SSSR count). The third-order valence-corrected chi connectivity index (χ3v) is 2.82. The van der Waals surface area contributed by atoms with E-state index < -0.39 is 10.0 Å². The van der Waals surface area contributed by atoms with Crippen molar-refractivity contribution in [2.45, 2.75) is 26.7 Å². The number of rotatable bonds is 6. The summed E-state index contributed by atoms with van der Waals surface area (Å²) in [5, 5.41) is 7.33. The van der Waals surface area contributed by atoms with E-state index in [0.717, 1.165) is 12.8 Å². The maximum atomic E-state index is 11.3.